The zero-order chi connectivity index (χ0) is 18.5. The highest BCUT2D eigenvalue weighted by atomic mass is 35.5. The molecule has 1 aromatic heterocycles. The fourth-order valence-corrected chi connectivity index (χ4v) is 3.41. The number of carbonyl (C=O) groups is 2. The van der Waals surface area contributed by atoms with Crippen molar-refractivity contribution in [1.82, 2.24) is 9.88 Å². The maximum absolute atomic E-state index is 12.7. The van der Waals surface area contributed by atoms with Gasteiger partial charge >= 0.3 is 5.97 Å². The lowest BCUT2D eigenvalue weighted by Crippen LogP contribution is -2.44. The number of likely N-dealkylation sites (tertiary alicyclic amines) is 1. The van der Waals surface area contributed by atoms with E-state index in [0.717, 1.165) is 24.8 Å². The van der Waals surface area contributed by atoms with E-state index in [1.165, 1.54) is 6.26 Å². The molecule has 2 aromatic rings. The molecule has 0 bridgehead atoms. The van der Waals surface area contributed by atoms with E-state index in [0.29, 0.717) is 29.6 Å². The summed E-state index contributed by atoms with van der Waals surface area (Å²) in [5, 5.41) is 9.53. The first kappa shape index (κ1) is 18.5. The van der Waals surface area contributed by atoms with Gasteiger partial charge in [-0.1, -0.05) is 11.6 Å². The number of carboxylic acids is 1. The van der Waals surface area contributed by atoms with Crippen molar-refractivity contribution in [2.45, 2.75) is 44.6 Å². The molecule has 1 N–H and O–H groups in total. The van der Waals surface area contributed by atoms with Gasteiger partial charge < -0.3 is 14.4 Å². The monoisotopic (exact) mass is 376 g/mol. The molecule has 1 aromatic carbocycles. The number of oxazole rings is 1. The average molecular weight is 377 g/mol. The molecule has 0 radical (unpaired) electrons. The molecule has 0 spiro atoms. The van der Waals surface area contributed by atoms with Crippen LogP contribution in [0.5, 0.6) is 0 Å². The van der Waals surface area contributed by atoms with Crippen molar-refractivity contribution in [3.05, 3.63) is 41.2 Å². The van der Waals surface area contributed by atoms with E-state index in [9.17, 15) is 9.59 Å². The minimum Gasteiger partial charge on any atom is -0.481 e. The lowest BCUT2D eigenvalue weighted by atomic mass is 9.97. The summed E-state index contributed by atoms with van der Waals surface area (Å²) >= 11 is 5.88. The topological polar surface area (TPSA) is 83.6 Å². The summed E-state index contributed by atoms with van der Waals surface area (Å²) in [5.74, 6) is -0.409. The number of nitrogens with zero attached hydrogens (tertiary/aromatic N) is 2. The van der Waals surface area contributed by atoms with Crippen molar-refractivity contribution in [1.29, 1.82) is 0 Å². The predicted molar refractivity (Wildman–Crippen MR) is 96.9 cm³/mol. The van der Waals surface area contributed by atoms with E-state index in [1.807, 2.05) is 17.0 Å². The van der Waals surface area contributed by atoms with Crippen LogP contribution in [-0.4, -0.2) is 39.5 Å². The average Bonchev–Trinajstić information content (AvgIpc) is 3.09. The number of hydrogen-bond acceptors (Lipinski definition) is 4. The normalized spacial score (nSPS) is 17.3. The van der Waals surface area contributed by atoms with Gasteiger partial charge in [0.25, 0.3) is 0 Å². The Morgan fingerprint density at radius 3 is 2.77 bits per heavy atom. The molecule has 1 saturated heterocycles. The van der Waals surface area contributed by atoms with Crippen molar-refractivity contribution in [2.75, 3.05) is 6.54 Å². The van der Waals surface area contributed by atoms with E-state index >= 15 is 0 Å². The highest BCUT2D eigenvalue weighted by Gasteiger charge is 2.27. The fraction of sp³-hybridized carbons (Fsp3) is 0.421. The second kappa shape index (κ2) is 8.36. The van der Waals surface area contributed by atoms with Crippen molar-refractivity contribution >= 4 is 23.5 Å². The molecular weight excluding hydrogens is 356 g/mol. The molecule has 6 nitrogen and oxygen atoms in total. The number of amides is 1. The zero-order valence-electron chi connectivity index (χ0n) is 14.4. The van der Waals surface area contributed by atoms with Crippen LogP contribution in [0.4, 0.5) is 0 Å². The third-order valence-corrected chi connectivity index (χ3v) is 4.87. The number of aromatic nitrogens is 1. The number of rotatable bonds is 6. The molecule has 26 heavy (non-hydrogen) atoms. The molecule has 0 aliphatic carbocycles. The summed E-state index contributed by atoms with van der Waals surface area (Å²) in [6.07, 6.45) is 5.06. The quantitative estimate of drug-likeness (QED) is 0.829. The lowest BCUT2D eigenvalue weighted by Gasteiger charge is -2.35. The summed E-state index contributed by atoms with van der Waals surface area (Å²) in [4.78, 5) is 29.7. The van der Waals surface area contributed by atoms with Gasteiger partial charge in [0.1, 0.15) is 6.26 Å². The Balaban J connectivity index is 1.65. The molecule has 7 heteroatoms. The third kappa shape index (κ3) is 4.64. The Bertz CT molecular complexity index is 772. The Hall–Kier alpha value is -2.34. The first-order chi connectivity index (χ1) is 12.5. The van der Waals surface area contributed by atoms with Crippen molar-refractivity contribution < 1.29 is 19.1 Å². The Labute approximate surface area is 156 Å². The Morgan fingerprint density at radius 1 is 1.27 bits per heavy atom. The van der Waals surface area contributed by atoms with Gasteiger partial charge in [0.05, 0.1) is 12.1 Å². The number of piperidine rings is 1. The molecule has 1 amide bonds. The highest BCUT2D eigenvalue weighted by Crippen LogP contribution is 2.24. The van der Waals surface area contributed by atoms with Crippen LogP contribution in [-0.2, 0) is 16.0 Å². The van der Waals surface area contributed by atoms with Crippen LogP contribution in [0, 0.1) is 0 Å². The number of hydrogen-bond donors (Lipinski definition) is 1. The molecule has 1 fully saturated rings. The predicted octanol–water partition coefficient (Wildman–Crippen LogP) is 3.78. The van der Waals surface area contributed by atoms with Gasteiger partial charge in [-0.2, -0.15) is 0 Å². The summed E-state index contributed by atoms with van der Waals surface area (Å²) in [5.41, 5.74) is 1.37. The van der Waals surface area contributed by atoms with Crippen LogP contribution >= 0.6 is 11.6 Å². The van der Waals surface area contributed by atoms with E-state index in [1.54, 1.807) is 12.1 Å². The van der Waals surface area contributed by atoms with Gasteiger partial charge in [0.2, 0.25) is 11.8 Å². The molecular formula is C19H21ClN2O4. The Kier molecular flexibility index (Phi) is 5.93. The van der Waals surface area contributed by atoms with Gasteiger partial charge in [-0.25, -0.2) is 4.98 Å². The van der Waals surface area contributed by atoms with E-state index in [4.69, 9.17) is 21.1 Å². The van der Waals surface area contributed by atoms with Crippen LogP contribution in [0.3, 0.4) is 0 Å². The lowest BCUT2D eigenvalue weighted by molar-refractivity contribution is -0.139. The number of benzene rings is 1. The second-order valence-corrected chi connectivity index (χ2v) is 6.93. The van der Waals surface area contributed by atoms with Gasteiger partial charge in [-0.3, -0.25) is 9.59 Å². The zero-order valence-corrected chi connectivity index (χ0v) is 15.1. The molecule has 1 aliphatic heterocycles. The Morgan fingerprint density at radius 2 is 2.04 bits per heavy atom. The maximum atomic E-state index is 12.7. The van der Waals surface area contributed by atoms with Gasteiger partial charge in [-0.05, 0) is 49.9 Å². The standard InChI is InChI=1S/C19H21ClN2O4/c20-14-6-4-13(5-7-14)19-21-15(12-26-19)11-17(23)22-10-2-1-3-16(22)8-9-18(24)25/h4-7,12,16H,1-3,8-11H2,(H,24,25). The first-order valence-corrected chi connectivity index (χ1v) is 9.12. The molecule has 1 aliphatic rings. The highest BCUT2D eigenvalue weighted by molar-refractivity contribution is 6.30. The minimum atomic E-state index is -0.827. The van der Waals surface area contributed by atoms with Gasteiger partial charge in [-0.15, -0.1) is 0 Å². The van der Waals surface area contributed by atoms with E-state index in [2.05, 4.69) is 4.98 Å². The van der Waals surface area contributed by atoms with Gasteiger partial charge in [0.15, 0.2) is 0 Å². The SMILES string of the molecule is O=C(O)CCC1CCCCN1C(=O)Cc1coc(-c2ccc(Cl)cc2)n1. The van der Waals surface area contributed by atoms with Crippen molar-refractivity contribution in [2.24, 2.45) is 0 Å². The number of aliphatic carboxylic acids is 1. The first-order valence-electron chi connectivity index (χ1n) is 8.74. The second-order valence-electron chi connectivity index (χ2n) is 6.50. The smallest absolute Gasteiger partial charge is 0.303 e. The molecule has 1 atom stereocenters. The molecule has 2 heterocycles. The van der Waals surface area contributed by atoms with Crippen LogP contribution in [0.2, 0.25) is 5.02 Å². The number of carboxylic acid groups (broad SMARTS) is 1. The minimum absolute atomic E-state index is 0.00464. The number of carbonyl (C=O) groups excluding carboxylic acids is 1. The van der Waals surface area contributed by atoms with E-state index in [-0.39, 0.29) is 24.8 Å². The van der Waals surface area contributed by atoms with E-state index < -0.39 is 5.97 Å². The largest absolute Gasteiger partial charge is 0.481 e. The number of halogens is 1. The van der Waals surface area contributed by atoms with Crippen molar-refractivity contribution in [3.8, 4) is 11.5 Å². The third-order valence-electron chi connectivity index (χ3n) is 4.61. The molecule has 0 saturated carbocycles. The summed E-state index contributed by atoms with van der Waals surface area (Å²) in [7, 11) is 0. The van der Waals surface area contributed by atoms with Crippen LogP contribution in [0.15, 0.2) is 34.9 Å². The van der Waals surface area contributed by atoms with Crippen molar-refractivity contribution in [3.63, 3.8) is 0 Å². The molecule has 138 valence electrons. The van der Waals surface area contributed by atoms with Crippen LogP contribution < -0.4 is 0 Å². The summed E-state index contributed by atoms with van der Waals surface area (Å²) < 4.78 is 5.48. The fourth-order valence-electron chi connectivity index (χ4n) is 3.29. The maximum Gasteiger partial charge on any atom is 0.303 e. The summed E-state index contributed by atoms with van der Waals surface area (Å²) in [6, 6.07) is 7.13. The van der Waals surface area contributed by atoms with Gasteiger partial charge in [0, 0.05) is 29.6 Å². The summed E-state index contributed by atoms with van der Waals surface area (Å²) in [6.45, 7) is 0.672. The van der Waals surface area contributed by atoms with Crippen LogP contribution in [0.1, 0.15) is 37.8 Å². The van der Waals surface area contributed by atoms with Crippen LogP contribution in [0.25, 0.3) is 11.5 Å². The molecule has 1 unspecified atom stereocenters. The molecule has 3 rings (SSSR count).